The van der Waals surface area contributed by atoms with Crippen LogP contribution in [-0.2, 0) is 10.8 Å². The third-order valence-corrected chi connectivity index (χ3v) is 6.30. The van der Waals surface area contributed by atoms with Crippen molar-refractivity contribution in [1.29, 1.82) is 0 Å². The van der Waals surface area contributed by atoms with Crippen LogP contribution >= 0.6 is 0 Å². The second-order valence-electron chi connectivity index (χ2n) is 9.07. The third-order valence-electron chi connectivity index (χ3n) is 6.30. The smallest absolute Gasteiger partial charge is 0.120 e. The van der Waals surface area contributed by atoms with Gasteiger partial charge in [0.1, 0.15) is 5.75 Å². The van der Waals surface area contributed by atoms with Crippen LogP contribution in [0.2, 0.25) is 0 Å². The highest BCUT2D eigenvalue weighted by molar-refractivity contribution is 5.55. The molecular weight excluding hydrogens is 340 g/mol. The number of phenolic OH excluding ortho intramolecular Hbond substituents is 1. The van der Waals surface area contributed by atoms with Gasteiger partial charge in [0.2, 0.25) is 0 Å². The molecule has 0 bridgehead atoms. The molecule has 0 aliphatic heterocycles. The fraction of sp³-hybridized carbons (Fsp3) is 0.333. The normalized spacial score (nSPS) is 12.2. The Hall–Kier alpha value is -2.54. The van der Waals surface area contributed by atoms with Gasteiger partial charge in [-0.25, -0.2) is 0 Å². The average Bonchev–Trinajstić information content (AvgIpc) is 2.61. The van der Waals surface area contributed by atoms with Gasteiger partial charge in [-0.1, -0.05) is 82.3 Å². The lowest BCUT2D eigenvalue weighted by molar-refractivity contribution is 0.448. The summed E-state index contributed by atoms with van der Waals surface area (Å²) in [5.74, 6) is 0.380. The lowest BCUT2D eigenvalue weighted by Gasteiger charge is -2.33. The van der Waals surface area contributed by atoms with E-state index in [0.29, 0.717) is 5.75 Å². The molecule has 0 atom stereocenters. The van der Waals surface area contributed by atoms with Gasteiger partial charge in [-0.15, -0.1) is 0 Å². The van der Waals surface area contributed by atoms with Gasteiger partial charge < -0.3 is 5.11 Å². The Balaban J connectivity index is 2.15. The highest BCUT2D eigenvalue weighted by Crippen LogP contribution is 2.43. The molecule has 0 saturated carbocycles. The molecule has 146 valence electrons. The molecule has 0 spiro atoms. The van der Waals surface area contributed by atoms with Crippen molar-refractivity contribution in [3.8, 4) is 5.75 Å². The molecule has 3 aromatic carbocycles. The SMILES string of the molecule is Cc1ccccc1C(C)(C)c1cc(C)c(C(C)(C)c2ccccc2C)c(O)c1. The fourth-order valence-corrected chi connectivity index (χ4v) is 4.78. The van der Waals surface area contributed by atoms with E-state index in [4.69, 9.17) is 0 Å². The second-order valence-corrected chi connectivity index (χ2v) is 9.07. The average molecular weight is 373 g/mol. The molecule has 0 heterocycles. The first-order valence-corrected chi connectivity index (χ1v) is 10.0. The van der Waals surface area contributed by atoms with Crippen LogP contribution in [0.5, 0.6) is 5.75 Å². The van der Waals surface area contributed by atoms with E-state index >= 15 is 0 Å². The number of aromatic hydroxyl groups is 1. The first-order chi connectivity index (χ1) is 13.1. The summed E-state index contributed by atoms with van der Waals surface area (Å²) >= 11 is 0. The number of aryl methyl sites for hydroxylation is 3. The van der Waals surface area contributed by atoms with Crippen molar-refractivity contribution >= 4 is 0 Å². The molecule has 0 radical (unpaired) electrons. The Morgan fingerprint density at radius 1 is 0.607 bits per heavy atom. The lowest BCUT2D eigenvalue weighted by Crippen LogP contribution is -2.24. The van der Waals surface area contributed by atoms with Crippen molar-refractivity contribution in [3.05, 3.63) is 99.6 Å². The van der Waals surface area contributed by atoms with Crippen LogP contribution in [0.1, 0.15) is 66.6 Å². The quantitative estimate of drug-likeness (QED) is 0.524. The molecule has 0 aliphatic carbocycles. The predicted molar refractivity (Wildman–Crippen MR) is 119 cm³/mol. The van der Waals surface area contributed by atoms with E-state index < -0.39 is 0 Å². The Kier molecular flexibility index (Phi) is 5.14. The molecule has 0 amide bonds. The Labute approximate surface area is 170 Å². The van der Waals surface area contributed by atoms with Gasteiger partial charge in [-0.2, -0.15) is 0 Å². The molecule has 3 aromatic rings. The Bertz CT molecular complexity index is 985. The van der Waals surface area contributed by atoms with Gasteiger partial charge in [-0.3, -0.25) is 0 Å². The first-order valence-electron chi connectivity index (χ1n) is 10.0. The molecule has 1 heteroatoms. The van der Waals surface area contributed by atoms with Crippen molar-refractivity contribution < 1.29 is 5.11 Å². The topological polar surface area (TPSA) is 20.2 Å². The molecule has 0 aliphatic rings. The van der Waals surface area contributed by atoms with Crippen LogP contribution < -0.4 is 0 Å². The molecule has 0 fully saturated rings. The Morgan fingerprint density at radius 2 is 1.07 bits per heavy atom. The maximum atomic E-state index is 11.1. The third kappa shape index (κ3) is 3.35. The molecule has 1 N–H and O–H groups in total. The van der Waals surface area contributed by atoms with Gasteiger partial charge in [0.05, 0.1) is 0 Å². The van der Waals surface area contributed by atoms with E-state index in [0.717, 1.165) is 16.7 Å². The van der Waals surface area contributed by atoms with Crippen LogP contribution in [0.25, 0.3) is 0 Å². The predicted octanol–water partition coefficient (Wildman–Crippen LogP) is 6.97. The maximum Gasteiger partial charge on any atom is 0.120 e. The largest absolute Gasteiger partial charge is 0.508 e. The summed E-state index contributed by atoms with van der Waals surface area (Å²) < 4.78 is 0. The van der Waals surface area contributed by atoms with E-state index in [1.807, 2.05) is 6.07 Å². The number of hydrogen-bond acceptors (Lipinski definition) is 1. The summed E-state index contributed by atoms with van der Waals surface area (Å²) in [6, 6.07) is 21.2. The van der Waals surface area contributed by atoms with Gasteiger partial charge in [-0.05, 0) is 60.2 Å². The highest BCUT2D eigenvalue weighted by atomic mass is 16.3. The zero-order valence-electron chi connectivity index (χ0n) is 18.2. The Morgan fingerprint density at radius 3 is 1.54 bits per heavy atom. The van der Waals surface area contributed by atoms with E-state index in [-0.39, 0.29) is 10.8 Å². The van der Waals surface area contributed by atoms with Crippen molar-refractivity contribution in [2.24, 2.45) is 0 Å². The van der Waals surface area contributed by atoms with Crippen LogP contribution in [0.3, 0.4) is 0 Å². The van der Waals surface area contributed by atoms with E-state index in [1.54, 1.807) is 0 Å². The lowest BCUT2D eigenvalue weighted by atomic mass is 9.71. The summed E-state index contributed by atoms with van der Waals surface area (Å²) in [7, 11) is 0. The minimum absolute atomic E-state index is 0.182. The standard InChI is InChI=1S/C27H32O/c1-18-12-8-10-14-22(18)26(4,5)21-16-20(3)25(24(28)17-21)27(6,7)23-15-11-9-13-19(23)2/h8-17,28H,1-7H3. The maximum absolute atomic E-state index is 11.1. The van der Waals surface area contributed by atoms with Gasteiger partial charge in [0.15, 0.2) is 0 Å². The summed E-state index contributed by atoms with van der Waals surface area (Å²) in [4.78, 5) is 0. The summed E-state index contributed by atoms with van der Waals surface area (Å²) in [6.07, 6.45) is 0. The molecule has 3 rings (SSSR count). The summed E-state index contributed by atoms with van der Waals surface area (Å²) in [5, 5.41) is 11.1. The van der Waals surface area contributed by atoms with Crippen molar-refractivity contribution in [1.82, 2.24) is 0 Å². The van der Waals surface area contributed by atoms with Crippen LogP contribution in [-0.4, -0.2) is 5.11 Å². The molecule has 0 saturated heterocycles. The number of rotatable bonds is 4. The van der Waals surface area contributed by atoms with Gasteiger partial charge in [0.25, 0.3) is 0 Å². The second kappa shape index (κ2) is 7.13. The number of phenols is 1. The van der Waals surface area contributed by atoms with Crippen molar-refractivity contribution in [2.45, 2.75) is 59.3 Å². The summed E-state index contributed by atoms with van der Waals surface area (Å²) in [5.41, 5.74) is 7.88. The summed E-state index contributed by atoms with van der Waals surface area (Å²) in [6.45, 7) is 15.3. The minimum atomic E-state index is -0.273. The van der Waals surface area contributed by atoms with E-state index in [2.05, 4.69) is 103 Å². The molecule has 1 nitrogen and oxygen atoms in total. The van der Waals surface area contributed by atoms with Gasteiger partial charge >= 0.3 is 0 Å². The zero-order chi connectivity index (χ0) is 20.7. The first kappa shape index (κ1) is 20.2. The molecule has 28 heavy (non-hydrogen) atoms. The van der Waals surface area contributed by atoms with E-state index in [1.165, 1.54) is 22.3 Å². The minimum Gasteiger partial charge on any atom is -0.508 e. The fourth-order valence-electron chi connectivity index (χ4n) is 4.78. The van der Waals surface area contributed by atoms with Gasteiger partial charge in [0, 0.05) is 16.4 Å². The number of hydrogen-bond donors (Lipinski definition) is 1. The van der Waals surface area contributed by atoms with Crippen molar-refractivity contribution in [3.63, 3.8) is 0 Å². The zero-order valence-corrected chi connectivity index (χ0v) is 18.2. The molecular formula is C27H32O. The monoisotopic (exact) mass is 372 g/mol. The van der Waals surface area contributed by atoms with Crippen LogP contribution in [0.15, 0.2) is 60.7 Å². The molecule has 0 aromatic heterocycles. The van der Waals surface area contributed by atoms with Crippen LogP contribution in [0.4, 0.5) is 0 Å². The van der Waals surface area contributed by atoms with Crippen LogP contribution in [0, 0.1) is 20.8 Å². The highest BCUT2D eigenvalue weighted by Gasteiger charge is 2.32. The molecule has 0 unspecified atom stereocenters. The number of benzene rings is 3. The van der Waals surface area contributed by atoms with Crippen molar-refractivity contribution in [2.75, 3.05) is 0 Å². The van der Waals surface area contributed by atoms with E-state index in [9.17, 15) is 5.11 Å².